The van der Waals surface area contributed by atoms with Crippen LogP contribution in [0, 0.1) is 31.1 Å². The molecule has 0 aliphatic carbocycles. The topological polar surface area (TPSA) is 126 Å². The number of nitrogens with zero attached hydrogens (tertiary/aromatic N) is 4. The fraction of sp³-hybridized carbons (Fsp3) is 0.471. The highest BCUT2D eigenvalue weighted by atomic mass is 16.2. The van der Waals surface area contributed by atoms with Gasteiger partial charge < -0.3 is 11.1 Å². The molecule has 2 aromatic rings. The highest BCUT2D eigenvalue weighted by Crippen LogP contribution is 2.18. The number of nitrogens with one attached hydrogen (secondary N) is 1. The van der Waals surface area contributed by atoms with E-state index in [1.165, 1.54) is 6.20 Å². The number of rotatable bonds is 6. The van der Waals surface area contributed by atoms with E-state index >= 15 is 0 Å². The largest absolute Gasteiger partial charge is 0.368 e. The summed E-state index contributed by atoms with van der Waals surface area (Å²) in [5, 5.41) is 15.9. The first-order valence-corrected chi connectivity index (χ1v) is 8.08. The highest BCUT2D eigenvalue weighted by Gasteiger charge is 2.22. The van der Waals surface area contributed by atoms with Crippen molar-refractivity contribution in [3.63, 3.8) is 0 Å². The second-order valence-corrected chi connectivity index (χ2v) is 6.36. The van der Waals surface area contributed by atoms with Gasteiger partial charge in [0.1, 0.15) is 17.7 Å². The normalized spacial score (nSPS) is 12.2. The maximum atomic E-state index is 12.2. The molecule has 132 valence electrons. The molecular formula is C17H22N6O2. The Labute approximate surface area is 146 Å². The van der Waals surface area contributed by atoms with Crippen molar-refractivity contribution in [3.8, 4) is 6.07 Å². The number of nitriles is 1. The molecule has 0 aliphatic heterocycles. The number of primary amides is 1. The Morgan fingerprint density at radius 3 is 2.64 bits per heavy atom. The Bertz CT molecular complexity index is 862. The predicted molar refractivity (Wildman–Crippen MR) is 91.5 cm³/mol. The molecule has 3 N–H and O–H groups in total. The van der Waals surface area contributed by atoms with Gasteiger partial charge in [-0.25, -0.2) is 9.50 Å². The Kier molecular flexibility index (Phi) is 5.37. The van der Waals surface area contributed by atoms with E-state index < -0.39 is 11.9 Å². The number of nitrogens with two attached hydrogens (primary N) is 1. The van der Waals surface area contributed by atoms with Crippen LogP contribution in [0.1, 0.15) is 42.8 Å². The molecule has 2 aromatic heterocycles. The summed E-state index contributed by atoms with van der Waals surface area (Å²) in [6, 6.07) is 1.38. The van der Waals surface area contributed by atoms with Crippen LogP contribution in [0.15, 0.2) is 6.20 Å². The minimum atomic E-state index is -0.681. The maximum absolute atomic E-state index is 12.2. The van der Waals surface area contributed by atoms with Crippen molar-refractivity contribution in [1.82, 2.24) is 19.9 Å². The van der Waals surface area contributed by atoms with Gasteiger partial charge in [-0.1, -0.05) is 13.8 Å². The number of amides is 2. The lowest BCUT2D eigenvalue weighted by molar-refractivity contribution is -0.128. The number of hydrogen-bond acceptors (Lipinski definition) is 5. The van der Waals surface area contributed by atoms with Gasteiger partial charge in [0.25, 0.3) is 0 Å². The zero-order chi connectivity index (χ0) is 18.7. The van der Waals surface area contributed by atoms with Gasteiger partial charge in [0, 0.05) is 17.8 Å². The summed E-state index contributed by atoms with van der Waals surface area (Å²) in [5.74, 6) is -0.856. The summed E-state index contributed by atoms with van der Waals surface area (Å²) in [6.45, 7) is 7.37. The zero-order valence-electron chi connectivity index (χ0n) is 14.8. The SMILES string of the molecule is Cc1nc2c(C#N)cnn2c(C)c1CCC(=O)NC(C(N)=O)C(C)C. The summed E-state index contributed by atoms with van der Waals surface area (Å²) in [4.78, 5) is 28.0. The Hall–Kier alpha value is -2.95. The summed E-state index contributed by atoms with van der Waals surface area (Å²) in [5.41, 5.74) is 8.74. The lowest BCUT2D eigenvalue weighted by Crippen LogP contribution is -2.47. The summed E-state index contributed by atoms with van der Waals surface area (Å²) in [7, 11) is 0. The van der Waals surface area contributed by atoms with Crippen LogP contribution in [0.25, 0.3) is 5.65 Å². The molecule has 2 heterocycles. The van der Waals surface area contributed by atoms with Gasteiger partial charge in [-0.2, -0.15) is 10.4 Å². The van der Waals surface area contributed by atoms with E-state index in [1.54, 1.807) is 4.52 Å². The van der Waals surface area contributed by atoms with Gasteiger partial charge in [-0.05, 0) is 31.7 Å². The van der Waals surface area contributed by atoms with E-state index in [1.807, 2.05) is 27.7 Å². The van der Waals surface area contributed by atoms with E-state index in [0.717, 1.165) is 17.0 Å². The standard InChI is InChI=1S/C17H22N6O2/c1-9(2)15(16(19)25)22-14(24)6-5-13-10(3)21-17-12(7-18)8-20-23(17)11(13)4/h8-9,15H,5-6H2,1-4H3,(H2,19,25)(H,22,24). The van der Waals surface area contributed by atoms with E-state index in [-0.39, 0.29) is 18.2 Å². The van der Waals surface area contributed by atoms with Crippen LogP contribution in [0.2, 0.25) is 0 Å². The average molecular weight is 342 g/mol. The van der Waals surface area contributed by atoms with Crippen LogP contribution in [0.5, 0.6) is 0 Å². The molecule has 0 aromatic carbocycles. The van der Waals surface area contributed by atoms with Crippen LogP contribution in [0.3, 0.4) is 0 Å². The van der Waals surface area contributed by atoms with Crippen molar-refractivity contribution in [1.29, 1.82) is 5.26 Å². The third-order valence-electron chi connectivity index (χ3n) is 4.22. The smallest absolute Gasteiger partial charge is 0.240 e. The van der Waals surface area contributed by atoms with Gasteiger partial charge in [0.15, 0.2) is 5.65 Å². The van der Waals surface area contributed by atoms with E-state index in [2.05, 4.69) is 21.5 Å². The molecule has 1 atom stereocenters. The Morgan fingerprint density at radius 1 is 1.40 bits per heavy atom. The molecule has 8 heteroatoms. The molecule has 0 bridgehead atoms. The van der Waals surface area contributed by atoms with Crippen molar-refractivity contribution in [3.05, 3.63) is 28.7 Å². The Balaban J connectivity index is 2.17. The third kappa shape index (κ3) is 3.76. The summed E-state index contributed by atoms with van der Waals surface area (Å²) in [6.07, 6.45) is 2.14. The molecule has 0 radical (unpaired) electrons. The number of aromatic nitrogens is 3. The molecule has 2 amide bonds. The average Bonchev–Trinajstić information content (AvgIpc) is 2.94. The van der Waals surface area contributed by atoms with Crippen LogP contribution in [-0.2, 0) is 16.0 Å². The van der Waals surface area contributed by atoms with Crippen molar-refractivity contribution >= 4 is 17.5 Å². The van der Waals surface area contributed by atoms with E-state index in [9.17, 15) is 9.59 Å². The van der Waals surface area contributed by atoms with Crippen molar-refractivity contribution < 1.29 is 9.59 Å². The number of carbonyl (C=O) groups is 2. The minimum Gasteiger partial charge on any atom is -0.368 e. The van der Waals surface area contributed by atoms with Crippen molar-refractivity contribution in [2.75, 3.05) is 0 Å². The van der Waals surface area contributed by atoms with Crippen LogP contribution < -0.4 is 11.1 Å². The number of aryl methyl sites for hydroxylation is 2. The van der Waals surface area contributed by atoms with Gasteiger partial charge in [0.05, 0.1) is 6.20 Å². The van der Waals surface area contributed by atoms with Crippen LogP contribution >= 0.6 is 0 Å². The predicted octanol–water partition coefficient (Wildman–Crippen LogP) is 0.777. The third-order valence-corrected chi connectivity index (χ3v) is 4.22. The molecule has 1 unspecified atom stereocenters. The van der Waals surface area contributed by atoms with Gasteiger partial charge in [-0.15, -0.1) is 0 Å². The first-order valence-electron chi connectivity index (χ1n) is 8.08. The minimum absolute atomic E-state index is 0.0728. The summed E-state index contributed by atoms with van der Waals surface area (Å²) >= 11 is 0. The molecular weight excluding hydrogens is 320 g/mol. The molecule has 2 rings (SSSR count). The molecule has 8 nitrogen and oxygen atoms in total. The lowest BCUT2D eigenvalue weighted by Gasteiger charge is -2.19. The van der Waals surface area contributed by atoms with Gasteiger partial charge in [-0.3, -0.25) is 9.59 Å². The number of hydrogen-bond donors (Lipinski definition) is 2. The summed E-state index contributed by atoms with van der Waals surface area (Å²) < 4.78 is 1.61. The van der Waals surface area contributed by atoms with Crippen LogP contribution in [-0.4, -0.2) is 32.5 Å². The quantitative estimate of drug-likeness (QED) is 0.802. The molecule has 0 fully saturated rings. The van der Waals surface area contributed by atoms with Gasteiger partial charge in [0.2, 0.25) is 11.8 Å². The molecule has 0 aliphatic rings. The molecule has 0 saturated heterocycles. The van der Waals surface area contributed by atoms with Crippen molar-refractivity contribution in [2.24, 2.45) is 11.7 Å². The molecule has 25 heavy (non-hydrogen) atoms. The fourth-order valence-electron chi connectivity index (χ4n) is 2.80. The first kappa shape index (κ1) is 18.4. The lowest BCUT2D eigenvalue weighted by atomic mass is 10.0. The van der Waals surface area contributed by atoms with E-state index in [4.69, 9.17) is 11.0 Å². The van der Waals surface area contributed by atoms with Gasteiger partial charge >= 0.3 is 0 Å². The molecule has 0 saturated carbocycles. The van der Waals surface area contributed by atoms with Crippen molar-refractivity contribution in [2.45, 2.75) is 46.6 Å². The van der Waals surface area contributed by atoms with E-state index in [0.29, 0.717) is 17.6 Å². The van der Waals surface area contributed by atoms with Crippen LogP contribution in [0.4, 0.5) is 0 Å². The number of carbonyl (C=O) groups excluding carboxylic acids is 2. The Morgan fingerprint density at radius 2 is 2.08 bits per heavy atom. The highest BCUT2D eigenvalue weighted by molar-refractivity contribution is 5.86. The second-order valence-electron chi connectivity index (χ2n) is 6.36. The maximum Gasteiger partial charge on any atom is 0.240 e. The zero-order valence-corrected chi connectivity index (χ0v) is 14.8. The first-order chi connectivity index (χ1) is 11.8. The number of fused-ring (bicyclic) bond motifs is 1. The molecule has 0 spiro atoms. The fourth-order valence-corrected chi connectivity index (χ4v) is 2.80. The monoisotopic (exact) mass is 342 g/mol. The second kappa shape index (κ2) is 7.30.